The monoisotopic (exact) mass is 527 g/mol. The molecule has 37 heavy (non-hydrogen) atoms. The Kier molecular flexibility index (Phi) is 6.19. The van der Waals surface area contributed by atoms with Crippen molar-refractivity contribution in [2.24, 2.45) is 22.7 Å². The van der Waals surface area contributed by atoms with Gasteiger partial charge in [0.15, 0.2) is 12.4 Å². The Balaban J connectivity index is 1.34. The van der Waals surface area contributed by atoms with E-state index in [2.05, 4.69) is 13.0 Å². The van der Waals surface area contributed by atoms with Crippen LogP contribution in [-0.2, 0) is 14.3 Å². The lowest BCUT2D eigenvalue weighted by atomic mass is 9.50. The Labute approximate surface area is 219 Å². The number of ketones is 2. The number of allylic oxidation sites excluding steroid dienone is 4. The minimum atomic E-state index is -1.64. The van der Waals surface area contributed by atoms with Crippen LogP contribution in [0.1, 0.15) is 69.2 Å². The fourth-order valence-electron chi connectivity index (χ4n) is 7.44. The van der Waals surface area contributed by atoms with Crippen molar-refractivity contribution in [1.82, 2.24) is 0 Å². The van der Waals surface area contributed by atoms with Gasteiger partial charge < -0.3 is 9.84 Å². The molecule has 1 aromatic carbocycles. The highest BCUT2D eigenvalue weighted by molar-refractivity contribution is 6.33. The number of rotatable bonds is 5. The summed E-state index contributed by atoms with van der Waals surface area (Å²) < 4.78 is 5.22. The molecular weight excluding hydrogens is 498 g/mol. The molecule has 1 aromatic rings. The molecule has 196 valence electrons. The normalized spacial score (nSPS) is 34.4. The van der Waals surface area contributed by atoms with E-state index in [4.69, 9.17) is 16.3 Å². The topological polar surface area (TPSA) is 124 Å². The lowest BCUT2D eigenvalue weighted by Crippen LogP contribution is -2.55. The van der Waals surface area contributed by atoms with Crippen LogP contribution in [-0.4, -0.2) is 39.8 Å². The number of hydrogen-bond acceptors (Lipinski definition) is 7. The van der Waals surface area contributed by atoms with E-state index in [1.807, 2.05) is 13.0 Å². The van der Waals surface area contributed by atoms with Crippen LogP contribution >= 0.6 is 11.6 Å². The quantitative estimate of drug-likeness (QED) is 0.243. The number of nitrogens with zero attached hydrogens (tertiary/aromatic N) is 1. The van der Waals surface area contributed by atoms with Gasteiger partial charge in [-0.2, -0.15) is 0 Å². The molecule has 5 rings (SSSR count). The van der Waals surface area contributed by atoms with Crippen LogP contribution in [0, 0.1) is 32.8 Å². The highest BCUT2D eigenvalue weighted by atomic mass is 35.5. The second kappa shape index (κ2) is 8.88. The summed E-state index contributed by atoms with van der Waals surface area (Å²) >= 11 is 6.02. The van der Waals surface area contributed by atoms with Gasteiger partial charge in [-0.1, -0.05) is 42.7 Å². The molecule has 0 aromatic heterocycles. The van der Waals surface area contributed by atoms with Gasteiger partial charge in [-0.3, -0.25) is 19.7 Å². The van der Waals surface area contributed by atoms with Gasteiger partial charge in [0, 0.05) is 29.4 Å². The van der Waals surface area contributed by atoms with Crippen LogP contribution in [0.25, 0.3) is 0 Å². The van der Waals surface area contributed by atoms with E-state index < -0.39 is 34.3 Å². The van der Waals surface area contributed by atoms with Crippen LogP contribution < -0.4 is 0 Å². The number of non-ortho nitro benzene ring substituents is 1. The molecule has 0 radical (unpaired) electrons. The first-order chi connectivity index (χ1) is 17.4. The van der Waals surface area contributed by atoms with E-state index in [0.717, 1.165) is 31.4 Å². The van der Waals surface area contributed by atoms with Gasteiger partial charge in [0.2, 0.25) is 5.78 Å². The average molecular weight is 528 g/mol. The first kappa shape index (κ1) is 25.8. The summed E-state index contributed by atoms with van der Waals surface area (Å²) in [5, 5.41) is 22.5. The predicted molar refractivity (Wildman–Crippen MR) is 135 cm³/mol. The van der Waals surface area contributed by atoms with Crippen molar-refractivity contribution in [3.8, 4) is 0 Å². The largest absolute Gasteiger partial charge is 0.454 e. The summed E-state index contributed by atoms with van der Waals surface area (Å²) in [6, 6.07) is 3.38. The van der Waals surface area contributed by atoms with Crippen LogP contribution in [0.2, 0.25) is 5.02 Å². The first-order valence-electron chi connectivity index (χ1n) is 12.7. The standard InChI is InChI=1S/C28H30ClNO7/c1-26-10-7-18(31)13-16(26)3-5-19-21(26)8-11-27(2)22(19)9-12-28(27,34)24(32)15-37-25(33)20-6-4-17(30(35)36)14-23(20)29/h4,6,8,13-14,19,22,34H,3,5,7,9-12,15H2,1-2H3/t19-,22-,26+,27-,28-/m1/s1. The maximum absolute atomic E-state index is 13.4. The highest BCUT2D eigenvalue weighted by Gasteiger charge is 2.64. The molecule has 1 N–H and O–H groups in total. The van der Waals surface area contributed by atoms with Crippen molar-refractivity contribution in [3.63, 3.8) is 0 Å². The Morgan fingerprint density at radius 2 is 1.97 bits per heavy atom. The summed E-state index contributed by atoms with van der Waals surface area (Å²) in [5.74, 6) is -0.896. The van der Waals surface area contributed by atoms with Crippen molar-refractivity contribution in [3.05, 3.63) is 62.2 Å². The third-order valence-corrected chi connectivity index (χ3v) is 9.98. The maximum atomic E-state index is 13.4. The zero-order valence-electron chi connectivity index (χ0n) is 20.9. The molecule has 4 aliphatic rings. The third-order valence-electron chi connectivity index (χ3n) is 9.67. The first-order valence-corrected chi connectivity index (χ1v) is 13.1. The molecule has 5 atom stereocenters. The zero-order valence-corrected chi connectivity index (χ0v) is 21.7. The number of benzene rings is 1. The van der Waals surface area contributed by atoms with Gasteiger partial charge >= 0.3 is 5.97 Å². The zero-order chi connectivity index (χ0) is 26.8. The minimum Gasteiger partial charge on any atom is -0.454 e. The van der Waals surface area contributed by atoms with Crippen molar-refractivity contribution < 1.29 is 29.2 Å². The van der Waals surface area contributed by atoms with Crippen LogP contribution in [0.3, 0.4) is 0 Å². The van der Waals surface area contributed by atoms with Crippen molar-refractivity contribution >= 4 is 34.8 Å². The lowest BCUT2D eigenvalue weighted by molar-refractivity contribution is -0.384. The second-order valence-corrected chi connectivity index (χ2v) is 11.7. The van der Waals surface area contributed by atoms with E-state index in [-0.39, 0.29) is 39.3 Å². The molecule has 0 amide bonds. The molecule has 2 saturated carbocycles. The molecular formula is C28H30ClNO7. The third kappa shape index (κ3) is 3.87. The van der Waals surface area contributed by atoms with E-state index in [1.54, 1.807) is 0 Å². The van der Waals surface area contributed by atoms with Crippen LogP contribution in [0.15, 0.2) is 41.5 Å². The second-order valence-electron chi connectivity index (χ2n) is 11.3. The number of nitro benzene ring substituents is 1. The number of esters is 1. The molecule has 0 spiro atoms. The maximum Gasteiger partial charge on any atom is 0.340 e. The molecule has 0 unspecified atom stereocenters. The van der Waals surface area contributed by atoms with E-state index in [0.29, 0.717) is 25.7 Å². The van der Waals surface area contributed by atoms with E-state index in [9.17, 15) is 29.6 Å². The van der Waals surface area contributed by atoms with Gasteiger partial charge in [-0.15, -0.1) is 0 Å². The summed E-state index contributed by atoms with van der Waals surface area (Å²) in [6.07, 6.45) is 8.60. The van der Waals surface area contributed by atoms with Crippen molar-refractivity contribution in [1.29, 1.82) is 0 Å². The van der Waals surface area contributed by atoms with Gasteiger partial charge in [0.1, 0.15) is 5.60 Å². The van der Waals surface area contributed by atoms with E-state index >= 15 is 0 Å². The summed E-state index contributed by atoms with van der Waals surface area (Å²) in [6.45, 7) is 3.57. The summed E-state index contributed by atoms with van der Waals surface area (Å²) in [5.41, 5.74) is -0.274. The molecule has 9 heteroatoms. The number of halogens is 1. The SMILES string of the molecule is C[C@]12CCC(=O)C=C1CC[C@@H]1C2=CC[C@]2(C)[C@@H]1CC[C@@]2(O)C(=O)COC(=O)c1ccc([N+](=O)[O-])cc1Cl. The summed E-state index contributed by atoms with van der Waals surface area (Å²) in [7, 11) is 0. The molecule has 0 bridgehead atoms. The number of Topliss-reactive ketones (excluding diaryl/α,β-unsaturated/α-hetero) is 1. The van der Waals surface area contributed by atoms with Crippen molar-refractivity contribution in [2.45, 2.75) is 64.4 Å². The molecule has 0 saturated heterocycles. The minimum absolute atomic E-state index is 0.0851. The molecule has 2 fully saturated rings. The van der Waals surface area contributed by atoms with Crippen molar-refractivity contribution in [2.75, 3.05) is 6.61 Å². The molecule has 0 aliphatic heterocycles. The smallest absolute Gasteiger partial charge is 0.340 e. The van der Waals surface area contributed by atoms with E-state index in [1.165, 1.54) is 17.2 Å². The van der Waals surface area contributed by atoms with Gasteiger partial charge in [0.05, 0.1) is 15.5 Å². The fraction of sp³-hybridized carbons (Fsp3) is 0.536. The van der Waals surface area contributed by atoms with Gasteiger partial charge in [0.25, 0.3) is 5.69 Å². The number of aliphatic hydroxyl groups is 1. The molecule has 4 aliphatic carbocycles. The highest BCUT2D eigenvalue weighted by Crippen LogP contribution is 2.65. The molecule has 8 nitrogen and oxygen atoms in total. The number of carbonyl (C=O) groups excluding carboxylic acids is 3. The number of nitro groups is 1. The van der Waals surface area contributed by atoms with Crippen LogP contribution in [0.4, 0.5) is 5.69 Å². The average Bonchev–Trinajstić information content (AvgIpc) is 3.14. The fourth-order valence-corrected chi connectivity index (χ4v) is 7.69. The summed E-state index contributed by atoms with van der Waals surface area (Å²) in [4.78, 5) is 48.2. The van der Waals surface area contributed by atoms with Gasteiger partial charge in [-0.25, -0.2) is 4.79 Å². The number of fused-ring (bicyclic) bond motifs is 5. The lowest BCUT2D eigenvalue weighted by Gasteiger charge is -2.54. The Morgan fingerprint density at radius 3 is 2.68 bits per heavy atom. The van der Waals surface area contributed by atoms with Gasteiger partial charge in [-0.05, 0) is 62.5 Å². The number of carbonyl (C=O) groups is 3. The predicted octanol–water partition coefficient (Wildman–Crippen LogP) is 5.16. The Bertz CT molecular complexity index is 1290. The number of hydrogen-bond donors (Lipinski definition) is 1. The Hall–Kier alpha value is -2.84. The Morgan fingerprint density at radius 1 is 1.22 bits per heavy atom. The molecule has 0 heterocycles. The van der Waals surface area contributed by atoms with Crippen LogP contribution in [0.5, 0.6) is 0 Å². The number of ether oxygens (including phenoxy) is 1.